The SMILES string of the molecule is CC(C)(C)c1ccc(OC(=O)c2cccc(N3C(=O)[C@@H]4[C@H](C3=O)[C@@H]3C=C[C@@H]4C3)c2)cc1. The maximum absolute atomic E-state index is 13.0. The second-order valence-electron chi connectivity index (χ2n) is 9.73. The van der Waals surface area contributed by atoms with Crippen molar-refractivity contribution in [2.24, 2.45) is 23.7 Å². The Morgan fingerprint density at radius 1 is 0.935 bits per heavy atom. The zero-order valence-corrected chi connectivity index (χ0v) is 17.9. The molecule has 0 spiro atoms. The lowest BCUT2D eigenvalue weighted by molar-refractivity contribution is -0.123. The van der Waals surface area contributed by atoms with Crippen LogP contribution in [0.1, 0.15) is 43.1 Å². The van der Waals surface area contributed by atoms with Crippen molar-refractivity contribution in [1.82, 2.24) is 0 Å². The molecule has 2 amide bonds. The van der Waals surface area contributed by atoms with Gasteiger partial charge in [0, 0.05) is 0 Å². The highest BCUT2D eigenvalue weighted by atomic mass is 16.5. The number of carbonyl (C=O) groups is 3. The molecule has 2 fully saturated rings. The Morgan fingerprint density at radius 2 is 1.55 bits per heavy atom. The van der Waals surface area contributed by atoms with E-state index < -0.39 is 5.97 Å². The normalized spacial score (nSPS) is 26.5. The molecule has 4 atom stereocenters. The quantitative estimate of drug-likeness (QED) is 0.320. The Labute approximate surface area is 181 Å². The molecule has 5 rings (SSSR count). The number of fused-ring (bicyclic) bond motifs is 5. The number of imide groups is 1. The van der Waals surface area contributed by atoms with Crippen LogP contribution in [-0.4, -0.2) is 17.8 Å². The van der Waals surface area contributed by atoms with Gasteiger partial charge < -0.3 is 4.74 Å². The lowest BCUT2D eigenvalue weighted by Gasteiger charge is -2.19. The van der Waals surface area contributed by atoms with Crippen molar-refractivity contribution in [3.63, 3.8) is 0 Å². The fourth-order valence-corrected chi connectivity index (χ4v) is 5.12. The number of esters is 1. The average molecular weight is 415 g/mol. The third kappa shape index (κ3) is 3.19. The van der Waals surface area contributed by atoms with Crippen LogP contribution in [0.2, 0.25) is 0 Å². The van der Waals surface area contributed by atoms with E-state index in [4.69, 9.17) is 4.74 Å². The largest absolute Gasteiger partial charge is 0.423 e. The molecule has 0 unspecified atom stereocenters. The van der Waals surface area contributed by atoms with Gasteiger partial charge in [0.1, 0.15) is 5.75 Å². The van der Waals surface area contributed by atoms with Crippen molar-refractivity contribution < 1.29 is 19.1 Å². The van der Waals surface area contributed by atoms with Crippen LogP contribution >= 0.6 is 0 Å². The Balaban J connectivity index is 1.35. The second kappa shape index (κ2) is 6.91. The number of allylic oxidation sites excluding steroid dienone is 2. The van der Waals surface area contributed by atoms with E-state index in [0.717, 1.165) is 12.0 Å². The van der Waals surface area contributed by atoms with Crippen LogP contribution < -0.4 is 9.64 Å². The van der Waals surface area contributed by atoms with Gasteiger partial charge in [0.25, 0.3) is 0 Å². The summed E-state index contributed by atoms with van der Waals surface area (Å²) in [7, 11) is 0. The van der Waals surface area contributed by atoms with Crippen molar-refractivity contribution in [2.45, 2.75) is 32.6 Å². The van der Waals surface area contributed by atoms with Gasteiger partial charge in [-0.15, -0.1) is 0 Å². The highest BCUT2D eigenvalue weighted by Gasteiger charge is 2.59. The van der Waals surface area contributed by atoms with Crippen LogP contribution in [0.5, 0.6) is 5.75 Å². The van der Waals surface area contributed by atoms with Crippen LogP contribution in [0.4, 0.5) is 5.69 Å². The fourth-order valence-electron chi connectivity index (χ4n) is 5.12. The molecule has 5 nitrogen and oxygen atoms in total. The number of nitrogens with zero attached hydrogens (tertiary/aromatic N) is 1. The molecule has 0 N–H and O–H groups in total. The Bertz CT molecular complexity index is 1080. The van der Waals surface area contributed by atoms with Crippen LogP contribution in [0, 0.1) is 23.7 Å². The Morgan fingerprint density at radius 3 is 2.13 bits per heavy atom. The maximum atomic E-state index is 13.0. The van der Waals surface area contributed by atoms with E-state index in [1.165, 1.54) is 4.90 Å². The average Bonchev–Trinajstić information content (AvgIpc) is 3.41. The summed E-state index contributed by atoms with van der Waals surface area (Å²) in [4.78, 5) is 40.0. The molecule has 0 radical (unpaired) electrons. The van der Waals surface area contributed by atoms with Gasteiger partial charge in [0.2, 0.25) is 11.8 Å². The molecule has 2 aromatic rings. The third-order valence-corrected chi connectivity index (χ3v) is 6.74. The highest BCUT2D eigenvalue weighted by Crippen LogP contribution is 2.53. The fraction of sp³-hybridized carbons (Fsp3) is 0.346. The monoisotopic (exact) mass is 415 g/mol. The summed E-state index contributed by atoms with van der Waals surface area (Å²) in [6.45, 7) is 6.36. The number of rotatable bonds is 3. The molecule has 5 heteroatoms. The maximum Gasteiger partial charge on any atom is 0.343 e. The number of amides is 2. The molecule has 31 heavy (non-hydrogen) atoms. The van der Waals surface area contributed by atoms with Crippen molar-refractivity contribution >= 4 is 23.5 Å². The second-order valence-corrected chi connectivity index (χ2v) is 9.73. The summed E-state index contributed by atoms with van der Waals surface area (Å²) < 4.78 is 5.52. The first-order chi connectivity index (χ1) is 14.7. The van der Waals surface area contributed by atoms with E-state index in [-0.39, 0.29) is 40.9 Å². The molecule has 1 aliphatic heterocycles. The van der Waals surface area contributed by atoms with Crippen molar-refractivity contribution in [3.05, 3.63) is 71.8 Å². The van der Waals surface area contributed by atoms with E-state index in [9.17, 15) is 14.4 Å². The Hall–Kier alpha value is -3.21. The first-order valence-electron chi connectivity index (χ1n) is 10.7. The summed E-state index contributed by atoms with van der Waals surface area (Å²) in [6, 6.07) is 14.0. The lowest BCUT2D eigenvalue weighted by atomic mass is 9.85. The predicted octanol–water partition coefficient (Wildman–Crippen LogP) is 4.51. The minimum absolute atomic E-state index is 0.0129. The molecular weight excluding hydrogens is 390 g/mol. The van der Waals surface area contributed by atoms with Crippen LogP contribution in [0.3, 0.4) is 0 Å². The molecule has 2 bridgehead atoms. The lowest BCUT2D eigenvalue weighted by Crippen LogP contribution is -2.33. The van der Waals surface area contributed by atoms with Gasteiger partial charge in [-0.05, 0) is 59.6 Å². The summed E-state index contributed by atoms with van der Waals surface area (Å²) in [5.41, 5.74) is 1.89. The van der Waals surface area contributed by atoms with Crippen molar-refractivity contribution in [1.29, 1.82) is 0 Å². The number of hydrogen-bond acceptors (Lipinski definition) is 4. The molecule has 2 aromatic carbocycles. The zero-order valence-electron chi connectivity index (χ0n) is 17.9. The summed E-state index contributed by atoms with van der Waals surface area (Å²) in [5, 5.41) is 0. The first kappa shape index (κ1) is 19.7. The smallest absolute Gasteiger partial charge is 0.343 e. The summed E-state index contributed by atoms with van der Waals surface area (Å²) in [6.07, 6.45) is 5.03. The van der Waals surface area contributed by atoms with Gasteiger partial charge in [-0.2, -0.15) is 0 Å². The van der Waals surface area contributed by atoms with Crippen LogP contribution in [-0.2, 0) is 15.0 Å². The number of ether oxygens (including phenoxy) is 1. The van der Waals surface area contributed by atoms with Crippen molar-refractivity contribution in [3.8, 4) is 5.75 Å². The van der Waals surface area contributed by atoms with E-state index in [2.05, 4.69) is 32.9 Å². The molecule has 158 valence electrons. The molecule has 1 saturated carbocycles. The molecule has 2 aliphatic carbocycles. The van der Waals surface area contributed by atoms with E-state index >= 15 is 0 Å². The van der Waals surface area contributed by atoms with Gasteiger partial charge in [0.15, 0.2) is 0 Å². The van der Waals surface area contributed by atoms with Crippen LogP contribution in [0.25, 0.3) is 0 Å². The highest BCUT2D eigenvalue weighted by molar-refractivity contribution is 6.23. The van der Waals surface area contributed by atoms with E-state index in [0.29, 0.717) is 17.0 Å². The molecule has 0 aromatic heterocycles. The predicted molar refractivity (Wildman–Crippen MR) is 117 cm³/mol. The summed E-state index contributed by atoms with van der Waals surface area (Å²) in [5.74, 6) is -0.606. The van der Waals surface area contributed by atoms with Gasteiger partial charge in [-0.25, -0.2) is 9.69 Å². The third-order valence-electron chi connectivity index (χ3n) is 6.74. The summed E-state index contributed by atoms with van der Waals surface area (Å²) >= 11 is 0. The number of benzene rings is 2. The Kier molecular flexibility index (Phi) is 4.40. The van der Waals surface area contributed by atoms with Gasteiger partial charge in [-0.3, -0.25) is 9.59 Å². The molecule has 3 aliphatic rings. The molecule has 1 heterocycles. The molecule has 1 saturated heterocycles. The van der Waals surface area contributed by atoms with Gasteiger partial charge in [-0.1, -0.05) is 51.1 Å². The zero-order chi connectivity index (χ0) is 21.9. The number of carbonyl (C=O) groups excluding carboxylic acids is 3. The molecular formula is C26H25NO4. The minimum Gasteiger partial charge on any atom is -0.423 e. The topological polar surface area (TPSA) is 63.7 Å². The van der Waals surface area contributed by atoms with Gasteiger partial charge in [0.05, 0.1) is 23.1 Å². The minimum atomic E-state index is -0.522. The van der Waals surface area contributed by atoms with Gasteiger partial charge >= 0.3 is 5.97 Å². The first-order valence-corrected chi connectivity index (χ1v) is 10.7. The van der Waals surface area contributed by atoms with Crippen molar-refractivity contribution in [2.75, 3.05) is 4.90 Å². The standard InChI is InChI=1S/C26H25NO4/c1-26(2,3)18-9-11-20(12-10-18)31-25(30)17-5-4-6-19(14-17)27-23(28)21-15-7-8-16(13-15)22(21)24(27)29/h4-12,14-16,21-22H,13H2,1-3H3/t15-,16-,21-,22+/m1/s1. The number of hydrogen-bond donors (Lipinski definition) is 0. The van der Waals surface area contributed by atoms with E-state index in [1.807, 2.05) is 12.1 Å². The van der Waals surface area contributed by atoms with Crippen LogP contribution in [0.15, 0.2) is 60.7 Å². The van der Waals surface area contributed by atoms with E-state index in [1.54, 1.807) is 36.4 Å². The number of anilines is 1.